The lowest BCUT2D eigenvalue weighted by Gasteiger charge is -2.44. The molecule has 1 aliphatic carbocycles. The number of benzene rings is 2. The Morgan fingerprint density at radius 3 is 2.44 bits per heavy atom. The smallest absolute Gasteiger partial charge is 0.276 e. The van der Waals surface area contributed by atoms with Crippen LogP contribution in [0.1, 0.15) is 18.9 Å². The molecule has 0 unspecified atom stereocenters. The van der Waals surface area contributed by atoms with Gasteiger partial charge in [-0.1, -0.05) is 19.1 Å². The second-order valence-electron chi connectivity index (χ2n) is 8.33. The summed E-state index contributed by atoms with van der Waals surface area (Å²) in [7, 11) is -3.88. The van der Waals surface area contributed by atoms with Gasteiger partial charge in [0.15, 0.2) is 0 Å². The van der Waals surface area contributed by atoms with E-state index in [9.17, 15) is 30.8 Å². The lowest BCUT2D eigenvalue weighted by molar-refractivity contribution is -0.147. The van der Waals surface area contributed by atoms with E-state index in [-0.39, 0.29) is 30.6 Å². The van der Waals surface area contributed by atoms with E-state index in [4.69, 9.17) is 0 Å². The van der Waals surface area contributed by atoms with Gasteiger partial charge in [-0.05, 0) is 35.4 Å². The largest absolute Gasteiger partial charge is 0.332 e. The third-order valence-corrected chi connectivity index (χ3v) is 7.36. The molecule has 2 aliphatic rings. The summed E-state index contributed by atoms with van der Waals surface area (Å²) in [4.78, 5) is 14.0. The highest BCUT2D eigenvalue weighted by Gasteiger charge is 2.64. The van der Waals surface area contributed by atoms with Crippen LogP contribution in [0.3, 0.4) is 0 Å². The Labute approximate surface area is 193 Å². The van der Waals surface area contributed by atoms with Crippen molar-refractivity contribution in [3.05, 3.63) is 59.4 Å². The van der Waals surface area contributed by atoms with E-state index in [2.05, 4.69) is 9.44 Å². The molecule has 2 aromatic rings. The highest BCUT2D eigenvalue weighted by Crippen LogP contribution is 2.59. The molecule has 184 valence electrons. The number of hydrogen-bond acceptors (Lipinski definition) is 3. The molecule has 1 heterocycles. The Hall–Kier alpha value is -2.57. The van der Waals surface area contributed by atoms with E-state index in [0.29, 0.717) is 0 Å². The zero-order valence-corrected chi connectivity index (χ0v) is 18.8. The van der Waals surface area contributed by atoms with Crippen LogP contribution in [0.5, 0.6) is 0 Å². The highest BCUT2D eigenvalue weighted by atomic mass is 32.2. The fraction of sp³-hybridized carbons (Fsp3) is 0.409. The molecule has 0 aromatic heterocycles. The van der Waals surface area contributed by atoms with Crippen LogP contribution in [0.2, 0.25) is 0 Å². The van der Waals surface area contributed by atoms with E-state index >= 15 is 4.39 Å². The van der Waals surface area contributed by atoms with Crippen molar-refractivity contribution < 1.29 is 35.2 Å². The lowest BCUT2D eigenvalue weighted by atomic mass is 9.92. The molecule has 34 heavy (non-hydrogen) atoms. The van der Waals surface area contributed by atoms with Crippen LogP contribution in [0.15, 0.2) is 36.4 Å². The van der Waals surface area contributed by atoms with Gasteiger partial charge in [-0.2, -0.15) is 8.42 Å². The van der Waals surface area contributed by atoms with Crippen molar-refractivity contribution in [2.45, 2.75) is 31.2 Å². The molecular formula is C22H22F5N3O3S. The summed E-state index contributed by atoms with van der Waals surface area (Å²) < 4.78 is 100. The normalized spacial score (nSPS) is 26.3. The fourth-order valence-electron chi connectivity index (χ4n) is 4.29. The van der Waals surface area contributed by atoms with Gasteiger partial charge in [0.05, 0.1) is 24.1 Å². The molecule has 6 nitrogen and oxygen atoms in total. The van der Waals surface area contributed by atoms with Crippen molar-refractivity contribution in [2.75, 3.05) is 19.6 Å². The van der Waals surface area contributed by atoms with Crippen molar-refractivity contribution in [1.82, 2.24) is 14.3 Å². The first kappa shape index (κ1) is 24.6. The zero-order chi connectivity index (χ0) is 24.8. The van der Waals surface area contributed by atoms with Crippen molar-refractivity contribution in [1.29, 1.82) is 0 Å². The summed E-state index contributed by atoms with van der Waals surface area (Å²) in [6, 6.07) is 4.67. The predicted octanol–water partition coefficient (Wildman–Crippen LogP) is 2.95. The van der Waals surface area contributed by atoms with Crippen molar-refractivity contribution in [3.63, 3.8) is 0 Å². The number of nitrogens with zero attached hydrogens (tertiary/aromatic N) is 1. The molecule has 2 fully saturated rings. The number of nitrogens with one attached hydrogen (secondary N) is 2. The molecule has 0 radical (unpaired) electrons. The van der Waals surface area contributed by atoms with E-state index in [1.165, 1.54) is 0 Å². The Morgan fingerprint density at radius 2 is 1.82 bits per heavy atom. The molecule has 1 saturated heterocycles. The highest BCUT2D eigenvalue weighted by molar-refractivity contribution is 7.87. The fourth-order valence-corrected chi connectivity index (χ4v) is 5.16. The minimum Gasteiger partial charge on any atom is -0.332 e. The third kappa shape index (κ3) is 4.41. The molecule has 1 amide bonds. The van der Waals surface area contributed by atoms with Gasteiger partial charge in [-0.3, -0.25) is 4.79 Å². The number of amides is 1. The minimum atomic E-state index is -3.88. The van der Waals surface area contributed by atoms with Crippen LogP contribution in [-0.4, -0.2) is 51.1 Å². The standard InChI is InChI=1S/C22H22F5N3O3S/c1-2-28-34(32,33)29-10-19-18(26)11-30(19)21(31)15-9-22(15,27)14-7-6-12(23)8-13(14)20-16(24)4-3-5-17(20)25/h3-8,15,18-19,28-29H,2,9-11H2,1H3/t15-,18+,19+,22+/m0/s1. The number of rotatable bonds is 8. The van der Waals surface area contributed by atoms with Crippen molar-refractivity contribution >= 4 is 16.1 Å². The van der Waals surface area contributed by atoms with Gasteiger partial charge in [0, 0.05) is 19.5 Å². The van der Waals surface area contributed by atoms with E-state index in [0.717, 1.165) is 41.3 Å². The van der Waals surface area contributed by atoms with E-state index in [1.54, 1.807) is 6.92 Å². The molecule has 1 aliphatic heterocycles. The van der Waals surface area contributed by atoms with Gasteiger partial charge in [0.1, 0.15) is 29.3 Å². The second kappa shape index (κ2) is 8.90. The summed E-state index contributed by atoms with van der Waals surface area (Å²) >= 11 is 0. The number of halogens is 5. The molecular weight excluding hydrogens is 481 g/mol. The third-order valence-electron chi connectivity index (χ3n) is 6.14. The van der Waals surface area contributed by atoms with Crippen LogP contribution >= 0.6 is 0 Å². The van der Waals surface area contributed by atoms with Crippen LogP contribution < -0.4 is 9.44 Å². The van der Waals surface area contributed by atoms with E-state index in [1.807, 2.05) is 0 Å². The first-order valence-corrected chi connectivity index (χ1v) is 12.1. The van der Waals surface area contributed by atoms with Crippen LogP contribution in [0.4, 0.5) is 22.0 Å². The van der Waals surface area contributed by atoms with Gasteiger partial charge in [0.2, 0.25) is 5.91 Å². The first-order valence-electron chi connectivity index (χ1n) is 10.6. The summed E-state index contributed by atoms with van der Waals surface area (Å²) in [5, 5.41) is 0. The molecule has 2 aromatic carbocycles. The van der Waals surface area contributed by atoms with Crippen LogP contribution in [0, 0.1) is 23.4 Å². The van der Waals surface area contributed by atoms with Crippen LogP contribution in [0.25, 0.3) is 11.1 Å². The first-order chi connectivity index (χ1) is 16.0. The number of carbonyl (C=O) groups excluding carboxylic acids is 1. The molecule has 4 atom stereocenters. The Morgan fingerprint density at radius 1 is 1.15 bits per heavy atom. The lowest BCUT2D eigenvalue weighted by Crippen LogP contribution is -2.65. The maximum atomic E-state index is 15.9. The Kier molecular flexibility index (Phi) is 6.42. The van der Waals surface area contributed by atoms with Crippen molar-refractivity contribution in [3.8, 4) is 11.1 Å². The molecule has 12 heteroatoms. The molecule has 1 saturated carbocycles. The molecule has 0 spiro atoms. The maximum Gasteiger partial charge on any atom is 0.276 e. The topological polar surface area (TPSA) is 78.5 Å². The number of alkyl halides is 2. The maximum absolute atomic E-state index is 15.9. The second-order valence-corrected chi connectivity index (χ2v) is 9.91. The predicted molar refractivity (Wildman–Crippen MR) is 114 cm³/mol. The molecule has 2 N–H and O–H groups in total. The van der Waals surface area contributed by atoms with Gasteiger partial charge in [-0.15, -0.1) is 0 Å². The minimum absolute atomic E-state index is 0.108. The van der Waals surface area contributed by atoms with Gasteiger partial charge in [0.25, 0.3) is 10.2 Å². The number of likely N-dealkylation sites (tertiary alicyclic amines) is 1. The van der Waals surface area contributed by atoms with E-state index < -0.39 is 69.5 Å². The van der Waals surface area contributed by atoms with Crippen LogP contribution in [-0.2, 0) is 20.7 Å². The number of hydrogen-bond donors (Lipinski definition) is 2. The summed E-state index contributed by atoms with van der Waals surface area (Å²) in [6.45, 7) is 0.922. The monoisotopic (exact) mass is 503 g/mol. The number of carbonyl (C=O) groups is 1. The van der Waals surface area contributed by atoms with Crippen molar-refractivity contribution in [2.24, 2.45) is 5.92 Å². The quantitative estimate of drug-likeness (QED) is 0.544. The van der Waals surface area contributed by atoms with Gasteiger partial charge in [-0.25, -0.2) is 31.4 Å². The summed E-state index contributed by atoms with van der Waals surface area (Å²) in [5.41, 5.74) is -3.56. The molecule has 4 rings (SSSR count). The summed E-state index contributed by atoms with van der Waals surface area (Å²) in [5.74, 6) is -4.92. The average Bonchev–Trinajstić information content (AvgIpc) is 3.44. The average molecular weight is 503 g/mol. The SMILES string of the molecule is CCNS(=O)(=O)NC[C@@H]1[C@H](F)CN1C(=O)[C@@H]1C[C@@]1(F)c1ccc(F)cc1-c1c(F)cccc1F. The van der Waals surface area contributed by atoms with Gasteiger partial charge < -0.3 is 4.90 Å². The Bertz CT molecular complexity index is 1210. The Balaban J connectivity index is 1.56. The zero-order valence-electron chi connectivity index (χ0n) is 18.0. The van der Waals surface area contributed by atoms with Gasteiger partial charge >= 0.3 is 0 Å². The molecule has 0 bridgehead atoms. The summed E-state index contributed by atoms with van der Waals surface area (Å²) in [6.07, 6.45) is -1.85.